The minimum atomic E-state index is -1.56. The van der Waals surface area contributed by atoms with Gasteiger partial charge in [0.1, 0.15) is 11.0 Å². The van der Waals surface area contributed by atoms with E-state index in [2.05, 4.69) is 21.8 Å². The quantitative estimate of drug-likeness (QED) is 0.621. The number of anilines is 1. The van der Waals surface area contributed by atoms with Crippen molar-refractivity contribution in [3.8, 4) is 0 Å². The predicted molar refractivity (Wildman–Crippen MR) is 93.1 cm³/mol. The van der Waals surface area contributed by atoms with Gasteiger partial charge in [-0.15, -0.1) is 0 Å². The van der Waals surface area contributed by atoms with Crippen LogP contribution in [-0.4, -0.2) is 44.7 Å². The highest BCUT2D eigenvalue weighted by atomic mass is 35.5. The van der Waals surface area contributed by atoms with Crippen molar-refractivity contribution in [2.24, 2.45) is 5.92 Å². The molecule has 0 saturated carbocycles. The van der Waals surface area contributed by atoms with Crippen LogP contribution in [0.1, 0.15) is 31.7 Å². The summed E-state index contributed by atoms with van der Waals surface area (Å²) in [4.78, 5) is 33.5. The van der Waals surface area contributed by atoms with Gasteiger partial charge in [-0.3, -0.25) is 9.59 Å². The minimum Gasteiger partial charge on any atom is -0.481 e. The molecule has 2 atom stereocenters. The summed E-state index contributed by atoms with van der Waals surface area (Å²) in [5.74, 6) is -4.34. The lowest BCUT2D eigenvalue weighted by Crippen LogP contribution is -2.46. The highest BCUT2D eigenvalue weighted by molar-refractivity contribution is 6.30. The molecule has 0 aromatic carbocycles. The van der Waals surface area contributed by atoms with Crippen molar-refractivity contribution >= 4 is 40.1 Å². The van der Waals surface area contributed by atoms with Crippen LogP contribution in [0, 0.1) is 5.92 Å². The van der Waals surface area contributed by atoms with Gasteiger partial charge in [-0.2, -0.15) is 0 Å². The standard InChI is InChI=1S/C17H18ClN3O4/c1-8-3-4-21(8)15-12-7-19-13(18)5-10(12)11(6-20-15)9(2)14(16(22)23)17(24)25/h5-9,14H,3-4H2,1-2H3,(H,22,23)(H,24,25). The first-order chi connectivity index (χ1) is 11.8. The fourth-order valence-corrected chi connectivity index (χ4v) is 3.41. The van der Waals surface area contributed by atoms with Gasteiger partial charge in [0.05, 0.1) is 0 Å². The van der Waals surface area contributed by atoms with Gasteiger partial charge in [0.2, 0.25) is 0 Å². The van der Waals surface area contributed by atoms with E-state index in [1.807, 2.05) is 0 Å². The maximum Gasteiger partial charge on any atom is 0.318 e. The van der Waals surface area contributed by atoms with Crippen LogP contribution in [0.5, 0.6) is 0 Å². The Morgan fingerprint density at radius 2 is 1.92 bits per heavy atom. The molecule has 1 aliphatic rings. The number of aliphatic carboxylic acids is 2. The molecular weight excluding hydrogens is 346 g/mol. The number of hydrogen-bond donors (Lipinski definition) is 2. The molecule has 25 heavy (non-hydrogen) atoms. The fourth-order valence-electron chi connectivity index (χ4n) is 3.25. The molecule has 7 nitrogen and oxygen atoms in total. The van der Waals surface area contributed by atoms with Crippen molar-refractivity contribution in [2.45, 2.75) is 32.2 Å². The second-order valence-corrected chi connectivity index (χ2v) is 6.75. The molecule has 2 aromatic heterocycles. The number of hydrogen-bond acceptors (Lipinski definition) is 5. The molecule has 1 saturated heterocycles. The summed E-state index contributed by atoms with van der Waals surface area (Å²) >= 11 is 6.03. The van der Waals surface area contributed by atoms with E-state index in [0.29, 0.717) is 17.0 Å². The molecule has 3 rings (SSSR count). The monoisotopic (exact) mass is 363 g/mol. The van der Waals surface area contributed by atoms with Gasteiger partial charge in [0.15, 0.2) is 5.92 Å². The molecule has 2 aromatic rings. The summed E-state index contributed by atoms with van der Waals surface area (Å²) in [7, 11) is 0. The topological polar surface area (TPSA) is 104 Å². The summed E-state index contributed by atoms with van der Waals surface area (Å²) in [5, 5.41) is 20.2. The van der Waals surface area contributed by atoms with Crippen LogP contribution >= 0.6 is 11.6 Å². The molecule has 3 heterocycles. The number of pyridine rings is 2. The van der Waals surface area contributed by atoms with Crippen LogP contribution < -0.4 is 4.90 Å². The molecule has 1 aliphatic heterocycles. The summed E-state index contributed by atoms with van der Waals surface area (Å²) < 4.78 is 0. The molecule has 0 radical (unpaired) electrons. The van der Waals surface area contributed by atoms with E-state index in [1.54, 1.807) is 25.4 Å². The lowest BCUT2D eigenvalue weighted by molar-refractivity contribution is -0.155. The predicted octanol–water partition coefficient (Wildman–Crippen LogP) is 2.77. The molecule has 2 unspecified atom stereocenters. The van der Waals surface area contributed by atoms with Crippen molar-refractivity contribution in [2.75, 3.05) is 11.4 Å². The fraction of sp³-hybridized carbons (Fsp3) is 0.412. The number of fused-ring (bicyclic) bond motifs is 1. The van der Waals surface area contributed by atoms with Crippen LogP contribution in [-0.2, 0) is 9.59 Å². The Bertz CT molecular complexity index is 843. The van der Waals surface area contributed by atoms with E-state index < -0.39 is 23.8 Å². The number of rotatable bonds is 5. The Labute approximate surface area is 149 Å². The van der Waals surface area contributed by atoms with E-state index in [9.17, 15) is 19.8 Å². The molecule has 132 valence electrons. The largest absolute Gasteiger partial charge is 0.481 e. The third kappa shape index (κ3) is 3.00. The third-order valence-corrected chi connectivity index (χ3v) is 5.07. The van der Waals surface area contributed by atoms with Crippen LogP contribution in [0.4, 0.5) is 5.82 Å². The second-order valence-electron chi connectivity index (χ2n) is 6.36. The normalized spacial score (nSPS) is 18.2. The lowest BCUT2D eigenvalue weighted by Gasteiger charge is -2.40. The zero-order valence-corrected chi connectivity index (χ0v) is 14.6. The number of carboxylic acid groups (broad SMARTS) is 2. The zero-order valence-electron chi connectivity index (χ0n) is 13.8. The van der Waals surface area contributed by atoms with Crippen molar-refractivity contribution in [1.82, 2.24) is 9.97 Å². The molecule has 2 N–H and O–H groups in total. The summed E-state index contributed by atoms with van der Waals surface area (Å²) in [5.41, 5.74) is 0.533. The summed E-state index contributed by atoms with van der Waals surface area (Å²) in [6.07, 6.45) is 4.24. The van der Waals surface area contributed by atoms with Gasteiger partial charge in [-0.25, -0.2) is 9.97 Å². The smallest absolute Gasteiger partial charge is 0.318 e. The van der Waals surface area contributed by atoms with Crippen molar-refractivity contribution in [3.05, 3.63) is 29.2 Å². The Morgan fingerprint density at radius 3 is 2.44 bits per heavy atom. The number of carboxylic acids is 2. The maximum atomic E-state index is 11.4. The molecule has 0 amide bonds. The van der Waals surface area contributed by atoms with Crippen LogP contribution in [0.2, 0.25) is 5.15 Å². The molecule has 0 spiro atoms. The zero-order chi connectivity index (χ0) is 18.3. The highest BCUT2D eigenvalue weighted by Crippen LogP contribution is 2.37. The maximum absolute atomic E-state index is 11.4. The van der Waals surface area contributed by atoms with Crippen molar-refractivity contribution in [3.63, 3.8) is 0 Å². The second kappa shape index (κ2) is 6.48. The van der Waals surface area contributed by atoms with E-state index in [-0.39, 0.29) is 5.15 Å². The lowest BCUT2D eigenvalue weighted by atomic mass is 9.86. The Morgan fingerprint density at radius 1 is 1.24 bits per heavy atom. The molecule has 0 bridgehead atoms. The molecular formula is C17H18ClN3O4. The Hall–Kier alpha value is -2.41. The van der Waals surface area contributed by atoms with Crippen molar-refractivity contribution < 1.29 is 19.8 Å². The number of carbonyl (C=O) groups is 2. The van der Waals surface area contributed by atoms with Gasteiger partial charge in [-0.05, 0) is 30.4 Å². The van der Waals surface area contributed by atoms with Crippen LogP contribution in [0.3, 0.4) is 0 Å². The molecule has 0 aliphatic carbocycles. The Balaban J connectivity index is 2.16. The van der Waals surface area contributed by atoms with Crippen LogP contribution in [0.15, 0.2) is 18.5 Å². The van der Waals surface area contributed by atoms with E-state index in [0.717, 1.165) is 24.2 Å². The minimum absolute atomic E-state index is 0.261. The summed E-state index contributed by atoms with van der Waals surface area (Å²) in [6, 6.07) is 2.00. The molecule has 1 fully saturated rings. The average molecular weight is 364 g/mol. The average Bonchev–Trinajstić information content (AvgIpc) is 2.52. The van der Waals surface area contributed by atoms with Gasteiger partial charge >= 0.3 is 11.9 Å². The van der Waals surface area contributed by atoms with Gasteiger partial charge < -0.3 is 15.1 Å². The first-order valence-electron chi connectivity index (χ1n) is 7.97. The number of aromatic nitrogens is 2. The third-order valence-electron chi connectivity index (χ3n) is 4.86. The van der Waals surface area contributed by atoms with Crippen LogP contribution in [0.25, 0.3) is 10.8 Å². The van der Waals surface area contributed by atoms with Gasteiger partial charge in [-0.1, -0.05) is 18.5 Å². The highest BCUT2D eigenvalue weighted by Gasteiger charge is 2.35. The van der Waals surface area contributed by atoms with Gasteiger partial charge in [0.25, 0.3) is 0 Å². The SMILES string of the molecule is CC(c1cnc(N2CCC2C)c2cnc(Cl)cc12)C(C(=O)O)C(=O)O. The summed E-state index contributed by atoms with van der Waals surface area (Å²) in [6.45, 7) is 4.55. The molecule has 8 heteroatoms. The van der Waals surface area contributed by atoms with Gasteiger partial charge in [0, 0.05) is 36.3 Å². The van der Waals surface area contributed by atoms with E-state index in [4.69, 9.17) is 11.6 Å². The number of halogens is 1. The van der Waals surface area contributed by atoms with Crippen molar-refractivity contribution in [1.29, 1.82) is 0 Å². The van der Waals surface area contributed by atoms with E-state index in [1.165, 1.54) is 0 Å². The van der Waals surface area contributed by atoms with E-state index >= 15 is 0 Å². The first-order valence-corrected chi connectivity index (χ1v) is 8.35. The Kier molecular flexibility index (Phi) is 4.51. The number of nitrogens with zero attached hydrogens (tertiary/aromatic N) is 3. The first kappa shape index (κ1) is 17.4.